The van der Waals surface area contributed by atoms with Crippen molar-refractivity contribution in [2.45, 2.75) is 71.1 Å². The highest BCUT2D eigenvalue weighted by molar-refractivity contribution is 7.98. The SMILES string of the molecule is C=C(CC(C)(C)C)N1CCC(C(C)CCCc2ccc(SC)cc2)CC1. The van der Waals surface area contributed by atoms with Crippen molar-refractivity contribution in [2.24, 2.45) is 17.3 Å². The summed E-state index contributed by atoms with van der Waals surface area (Å²) < 4.78 is 0. The van der Waals surface area contributed by atoms with Gasteiger partial charge in [0.15, 0.2) is 0 Å². The molecule has 0 saturated carbocycles. The van der Waals surface area contributed by atoms with Gasteiger partial charge in [0.05, 0.1) is 0 Å². The van der Waals surface area contributed by atoms with E-state index >= 15 is 0 Å². The Labute approximate surface area is 166 Å². The predicted octanol–water partition coefficient (Wildman–Crippen LogP) is 7.03. The molecule has 1 atom stereocenters. The highest BCUT2D eigenvalue weighted by Gasteiger charge is 2.25. The summed E-state index contributed by atoms with van der Waals surface area (Å²) in [6.07, 6.45) is 9.83. The summed E-state index contributed by atoms with van der Waals surface area (Å²) in [6, 6.07) is 9.11. The summed E-state index contributed by atoms with van der Waals surface area (Å²) >= 11 is 1.82. The van der Waals surface area contributed by atoms with E-state index in [1.54, 1.807) is 0 Å². The van der Waals surface area contributed by atoms with Gasteiger partial charge in [-0.3, -0.25) is 0 Å². The fourth-order valence-electron chi connectivity index (χ4n) is 4.16. The van der Waals surface area contributed by atoms with Gasteiger partial charge in [-0.1, -0.05) is 52.8 Å². The Hall–Kier alpha value is -0.890. The van der Waals surface area contributed by atoms with Crippen molar-refractivity contribution in [1.29, 1.82) is 0 Å². The maximum absolute atomic E-state index is 4.35. The molecule has 146 valence electrons. The first-order valence-corrected chi connectivity index (χ1v) is 11.6. The second-order valence-corrected chi connectivity index (χ2v) is 10.2. The van der Waals surface area contributed by atoms with E-state index < -0.39 is 0 Å². The molecule has 1 aromatic rings. The number of hydrogen-bond acceptors (Lipinski definition) is 2. The topological polar surface area (TPSA) is 3.24 Å². The molecule has 1 aliphatic rings. The Kier molecular flexibility index (Phi) is 8.13. The highest BCUT2D eigenvalue weighted by Crippen LogP contribution is 2.32. The average Bonchev–Trinajstić information content (AvgIpc) is 2.61. The Morgan fingerprint density at radius 1 is 1.19 bits per heavy atom. The van der Waals surface area contributed by atoms with Crippen molar-refractivity contribution in [1.82, 2.24) is 4.90 Å². The van der Waals surface area contributed by atoms with Crippen LogP contribution in [0.25, 0.3) is 0 Å². The quantitative estimate of drug-likeness (QED) is 0.450. The van der Waals surface area contributed by atoms with Crippen LogP contribution < -0.4 is 0 Å². The zero-order valence-electron chi connectivity index (χ0n) is 17.7. The first-order chi connectivity index (χ1) is 12.3. The Morgan fingerprint density at radius 2 is 1.81 bits per heavy atom. The van der Waals surface area contributed by atoms with Crippen LogP contribution in [-0.2, 0) is 6.42 Å². The van der Waals surface area contributed by atoms with Crippen molar-refractivity contribution < 1.29 is 0 Å². The van der Waals surface area contributed by atoms with Gasteiger partial charge >= 0.3 is 0 Å². The smallest absolute Gasteiger partial charge is 0.0177 e. The van der Waals surface area contributed by atoms with Crippen molar-refractivity contribution in [3.8, 4) is 0 Å². The number of likely N-dealkylation sites (tertiary alicyclic amines) is 1. The van der Waals surface area contributed by atoms with Crippen LogP contribution >= 0.6 is 11.8 Å². The van der Waals surface area contributed by atoms with Crippen molar-refractivity contribution in [3.05, 3.63) is 42.1 Å². The van der Waals surface area contributed by atoms with Gasteiger partial charge in [-0.05, 0) is 73.3 Å². The van der Waals surface area contributed by atoms with Crippen LogP contribution in [-0.4, -0.2) is 24.2 Å². The zero-order valence-corrected chi connectivity index (χ0v) is 18.5. The Balaban J connectivity index is 1.69. The Bertz CT molecular complexity index is 547. The number of piperidine rings is 1. The summed E-state index contributed by atoms with van der Waals surface area (Å²) in [4.78, 5) is 3.91. The number of rotatable bonds is 8. The first kappa shape index (κ1) is 21.4. The second-order valence-electron chi connectivity index (χ2n) is 9.35. The monoisotopic (exact) mass is 373 g/mol. The summed E-state index contributed by atoms with van der Waals surface area (Å²) in [5.41, 5.74) is 3.18. The summed E-state index contributed by atoms with van der Waals surface area (Å²) in [5.74, 6) is 1.74. The van der Waals surface area contributed by atoms with Crippen molar-refractivity contribution >= 4 is 11.8 Å². The van der Waals surface area contributed by atoms with E-state index in [-0.39, 0.29) is 0 Å². The van der Waals surface area contributed by atoms with E-state index in [0.717, 1.165) is 18.3 Å². The molecule has 1 saturated heterocycles. The lowest BCUT2D eigenvalue weighted by molar-refractivity contribution is 0.166. The van der Waals surface area contributed by atoms with Gasteiger partial charge in [0, 0.05) is 23.7 Å². The molecule has 0 N–H and O–H groups in total. The van der Waals surface area contributed by atoms with Gasteiger partial charge in [-0.2, -0.15) is 0 Å². The number of thioether (sulfide) groups is 1. The summed E-state index contributed by atoms with van der Waals surface area (Å²) in [6.45, 7) is 16.2. The molecular weight excluding hydrogens is 334 g/mol. The molecule has 1 aromatic carbocycles. The van der Waals surface area contributed by atoms with Gasteiger partial charge < -0.3 is 4.90 Å². The van der Waals surface area contributed by atoms with Crippen molar-refractivity contribution in [2.75, 3.05) is 19.3 Å². The molecule has 0 bridgehead atoms. The molecule has 0 radical (unpaired) electrons. The third-order valence-corrected chi connectivity index (χ3v) is 6.55. The molecule has 1 nitrogen and oxygen atoms in total. The van der Waals surface area contributed by atoms with Gasteiger partial charge in [-0.15, -0.1) is 11.8 Å². The fourth-order valence-corrected chi connectivity index (χ4v) is 4.57. The molecule has 2 heteroatoms. The lowest BCUT2D eigenvalue weighted by Gasteiger charge is -2.38. The lowest BCUT2D eigenvalue weighted by Crippen LogP contribution is -2.35. The molecule has 1 fully saturated rings. The molecule has 0 aliphatic carbocycles. The standard InChI is InChI=1S/C24H39NS/c1-19(8-7-9-21-10-12-23(26-6)13-11-21)22-14-16-25(17-15-22)20(2)18-24(3,4)5/h10-13,19,22H,2,7-9,14-18H2,1,3-6H3. The normalized spacial score (nSPS) is 17.3. The van der Waals surface area contributed by atoms with E-state index in [9.17, 15) is 0 Å². The summed E-state index contributed by atoms with van der Waals surface area (Å²) in [7, 11) is 0. The third-order valence-electron chi connectivity index (χ3n) is 5.81. The van der Waals surface area contributed by atoms with Crippen LogP contribution in [0.15, 0.2) is 41.4 Å². The van der Waals surface area contributed by atoms with Crippen LogP contribution in [0.1, 0.15) is 65.4 Å². The fraction of sp³-hybridized carbons (Fsp3) is 0.667. The van der Waals surface area contributed by atoms with Gasteiger partial charge in [0.1, 0.15) is 0 Å². The molecule has 0 aromatic heterocycles. The minimum Gasteiger partial charge on any atom is -0.375 e. The van der Waals surface area contributed by atoms with Gasteiger partial charge in [0.2, 0.25) is 0 Å². The van der Waals surface area contributed by atoms with Crippen LogP contribution in [0.2, 0.25) is 0 Å². The lowest BCUT2D eigenvalue weighted by atomic mass is 9.81. The molecule has 0 spiro atoms. The number of aryl methyl sites for hydroxylation is 1. The first-order valence-electron chi connectivity index (χ1n) is 10.3. The molecule has 2 rings (SSSR count). The average molecular weight is 374 g/mol. The second kappa shape index (κ2) is 9.88. The molecular formula is C24H39NS. The van der Waals surface area contributed by atoms with Crippen molar-refractivity contribution in [3.63, 3.8) is 0 Å². The van der Waals surface area contributed by atoms with Crippen LogP contribution in [0, 0.1) is 17.3 Å². The molecule has 26 heavy (non-hydrogen) atoms. The molecule has 1 heterocycles. The predicted molar refractivity (Wildman–Crippen MR) is 118 cm³/mol. The van der Waals surface area contributed by atoms with E-state index in [1.807, 2.05) is 11.8 Å². The maximum Gasteiger partial charge on any atom is 0.0177 e. The molecule has 0 amide bonds. The van der Waals surface area contributed by atoms with E-state index in [1.165, 1.54) is 61.3 Å². The van der Waals surface area contributed by atoms with E-state index in [0.29, 0.717) is 5.41 Å². The molecule has 1 unspecified atom stereocenters. The minimum atomic E-state index is 0.343. The van der Waals surface area contributed by atoms with Crippen LogP contribution in [0.5, 0.6) is 0 Å². The Morgan fingerprint density at radius 3 is 2.35 bits per heavy atom. The van der Waals surface area contributed by atoms with Crippen LogP contribution in [0.3, 0.4) is 0 Å². The van der Waals surface area contributed by atoms with Gasteiger partial charge in [-0.25, -0.2) is 0 Å². The third kappa shape index (κ3) is 7.02. The number of benzene rings is 1. The highest BCUT2D eigenvalue weighted by atomic mass is 32.2. The number of hydrogen-bond donors (Lipinski definition) is 0. The summed E-state index contributed by atoms with van der Waals surface area (Å²) in [5, 5.41) is 0. The zero-order chi connectivity index (χ0) is 19.2. The van der Waals surface area contributed by atoms with Crippen LogP contribution in [0.4, 0.5) is 0 Å². The number of nitrogens with zero attached hydrogens (tertiary/aromatic N) is 1. The van der Waals surface area contributed by atoms with Gasteiger partial charge in [0.25, 0.3) is 0 Å². The minimum absolute atomic E-state index is 0.343. The largest absolute Gasteiger partial charge is 0.375 e. The van der Waals surface area contributed by atoms with E-state index in [2.05, 4.69) is 69.7 Å². The van der Waals surface area contributed by atoms with E-state index in [4.69, 9.17) is 0 Å². The maximum atomic E-state index is 4.35. The molecule has 1 aliphatic heterocycles. The number of allylic oxidation sites excluding steroid dienone is 1.